The second-order valence-corrected chi connectivity index (χ2v) is 8.68. The van der Waals surface area contributed by atoms with E-state index >= 15 is 0 Å². The first-order chi connectivity index (χ1) is 18.0. The molecule has 3 N–H and O–H groups in total. The maximum atomic E-state index is 14.0. The third kappa shape index (κ3) is 6.05. The van der Waals surface area contributed by atoms with Gasteiger partial charge in [-0.25, -0.2) is 4.79 Å². The van der Waals surface area contributed by atoms with Gasteiger partial charge in [-0.15, -0.1) is 0 Å². The third-order valence-corrected chi connectivity index (χ3v) is 6.27. The number of amides is 1. The van der Waals surface area contributed by atoms with E-state index in [1.54, 1.807) is 0 Å². The van der Waals surface area contributed by atoms with Crippen LogP contribution in [0.4, 0.5) is 11.5 Å². The minimum atomic E-state index is -0.712. The van der Waals surface area contributed by atoms with E-state index in [4.69, 9.17) is 10.5 Å². The number of H-pyrrole nitrogens is 1. The predicted molar refractivity (Wildman–Crippen MR) is 145 cm³/mol. The van der Waals surface area contributed by atoms with Crippen molar-refractivity contribution in [3.05, 3.63) is 129 Å². The van der Waals surface area contributed by atoms with E-state index in [0.717, 1.165) is 16.7 Å². The number of nitrogens with one attached hydrogen (secondary N) is 1. The summed E-state index contributed by atoms with van der Waals surface area (Å²) in [4.78, 5) is 43.3. The summed E-state index contributed by atoms with van der Waals surface area (Å²) in [5.41, 5.74) is 7.73. The van der Waals surface area contributed by atoms with E-state index in [1.807, 2.05) is 91.0 Å². The molecule has 0 radical (unpaired) electrons. The number of nitrogens with two attached hydrogens (primary N) is 1. The average molecular weight is 499 g/mol. The highest BCUT2D eigenvalue weighted by Crippen LogP contribution is 2.30. The maximum absolute atomic E-state index is 14.0. The fourth-order valence-corrected chi connectivity index (χ4v) is 4.38. The number of nitrogens with zero attached hydrogens (tertiary/aromatic N) is 2. The molecule has 0 unspecified atom stereocenters. The highest BCUT2D eigenvalue weighted by molar-refractivity contribution is 5.96. The molecule has 0 bridgehead atoms. The summed E-state index contributed by atoms with van der Waals surface area (Å²) >= 11 is 0. The largest absolute Gasteiger partial charge is 0.383 e. The molecule has 4 rings (SSSR count). The number of aromatic amines is 1. The predicted octanol–water partition coefficient (Wildman–Crippen LogP) is 3.52. The lowest BCUT2D eigenvalue weighted by atomic mass is 9.88. The van der Waals surface area contributed by atoms with Crippen molar-refractivity contribution < 1.29 is 9.53 Å². The number of hydrogen-bond donors (Lipinski definition) is 2. The van der Waals surface area contributed by atoms with Crippen molar-refractivity contribution in [3.63, 3.8) is 0 Å². The molecule has 0 aliphatic carbocycles. The van der Waals surface area contributed by atoms with Gasteiger partial charge in [0.05, 0.1) is 19.7 Å². The van der Waals surface area contributed by atoms with Crippen LogP contribution in [0.1, 0.15) is 29.0 Å². The zero-order valence-electron chi connectivity index (χ0n) is 20.7. The molecular weight excluding hydrogens is 468 g/mol. The molecule has 190 valence electrons. The summed E-state index contributed by atoms with van der Waals surface area (Å²) in [6.45, 7) is 0.465. The van der Waals surface area contributed by atoms with Crippen LogP contribution in [-0.2, 0) is 22.6 Å². The van der Waals surface area contributed by atoms with E-state index in [9.17, 15) is 14.4 Å². The number of rotatable bonds is 10. The first-order valence-electron chi connectivity index (χ1n) is 12.0. The Balaban J connectivity index is 1.79. The van der Waals surface area contributed by atoms with Crippen LogP contribution in [0.2, 0.25) is 0 Å². The second kappa shape index (κ2) is 12.0. The van der Waals surface area contributed by atoms with Crippen molar-refractivity contribution in [2.24, 2.45) is 0 Å². The van der Waals surface area contributed by atoms with Gasteiger partial charge >= 0.3 is 5.69 Å². The molecule has 8 nitrogen and oxygen atoms in total. The number of methoxy groups -OCH3 is 1. The van der Waals surface area contributed by atoms with Crippen molar-refractivity contribution in [3.8, 4) is 0 Å². The van der Waals surface area contributed by atoms with Gasteiger partial charge < -0.3 is 15.4 Å². The molecule has 1 aromatic heterocycles. The quantitative estimate of drug-likeness (QED) is 0.348. The van der Waals surface area contributed by atoms with Crippen LogP contribution >= 0.6 is 0 Å². The fourth-order valence-electron chi connectivity index (χ4n) is 4.38. The van der Waals surface area contributed by atoms with Gasteiger partial charge in [0, 0.05) is 19.4 Å². The van der Waals surface area contributed by atoms with Crippen LogP contribution < -0.4 is 21.9 Å². The number of benzene rings is 3. The Hall–Kier alpha value is -4.43. The summed E-state index contributed by atoms with van der Waals surface area (Å²) in [7, 11) is 1.51. The van der Waals surface area contributed by atoms with Crippen LogP contribution in [0.15, 0.2) is 101 Å². The number of nitrogen functional groups attached to an aromatic ring is 1. The van der Waals surface area contributed by atoms with Gasteiger partial charge in [0.15, 0.2) is 5.69 Å². The van der Waals surface area contributed by atoms with Crippen LogP contribution in [0.25, 0.3) is 0 Å². The number of hydrogen-bond acceptors (Lipinski definition) is 5. The Morgan fingerprint density at radius 1 is 0.919 bits per heavy atom. The molecule has 0 aliphatic rings. The molecule has 0 atom stereocenters. The van der Waals surface area contributed by atoms with Crippen molar-refractivity contribution >= 4 is 17.4 Å². The van der Waals surface area contributed by atoms with Crippen molar-refractivity contribution in [1.29, 1.82) is 0 Å². The van der Waals surface area contributed by atoms with E-state index < -0.39 is 11.2 Å². The van der Waals surface area contributed by atoms with E-state index in [2.05, 4.69) is 4.98 Å². The van der Waals surface area contributed by atoms with Crippen molar-refractivity contribution in [2.45, 2.75) is 25.4 Å². The van der Waals surface area contributed by atoms with Gasteiger partial charge in [-0.3, -0.25) is 19.1 Å². The second-order valence-electron chi connectivity index (χ2n) is 8.68. The Bertz CT molecular complexity index is 1390. The minimum Gasteiger partial charge on any atom is -0.383 e. The molecule has 3 aromatic carbocycles. The molecular formula is C29H30N4O4. The smallest absolute Gasteiger partial charge is 0.330 e. The lowest BCUT2D eigenvalue weighted by Crippen LogP contribution is -2.41. The molecule has 37 heavy (non-hydrogen) atoms. The molecule has 0 spiro atoms. The zero-order chi connectivity index (χ0) is 26.2. The van der Waals surface area contributed by atoms with Gasteiger partial charge in [0.25, 0.3) is 5.56 Å². The van der Waals surface area contributed by atoms with Gasteiger partial charge in [0.2, 0.25) is 5.91 Å². The maximum Gasteiger partial charge on any atom is 0.330 e. The number of carbonyl (C=O) groups is 1. The summed E-state index contributed by atoms with van der Waals surface area (Å²) in [5.74, 6) is -0.616. The van der Waals surface area contributed by atoms with Gasteiger partial charge in [-0.1, -0.05) is 91.0 Å². The van der Waals surface area contributed by atoms with E-state index in [1.165, 1.54) is 16.6 Å². The molecule has 0 fully saturated rings. The van der Waals surface area contributed by atoms with Crippen LogP contribution in [0.3, 0.4) is 0 Å². The van der Waals surface area contributed by atoms with Gasteiger partial charge in [-0.05, 0) is 16.7 Å². The molecule has 1 amide bonds. The number of anilines is 2. The highest BCUT2D eigenvalue weighted by atomic mass is 16.5. The monoisotopic (exact) mass is 498 g/mol. The normalized spacial score (nSPS) is 11.0. The Kier molecular flexibility index (Phi) is 8.33. The SMILES string of the molecule is COCCn1c(N)c(N(Cc2ccccc2)C(=O)CC(c2ccccc2)c2ccccc2)c(=O)[nH]c1=O. The standard InChI is InChI=1S/C29H30N4O4/c1-37-18-17-32-27(30)26(28(35)31-29(32)36)33(20-21-11-5-2-6-12-21)25(34)19-24(22-13-7-3-8-14-22)23-15-9-4-10-16-23/h2-16,24H,17-20,30H2,1H3,(H,31,35,36). The molecule has 8 heteroatoms. The van der Waals surface area contributed by atoms with Gasteiger partial charge in [0.1, 0.15) is 5.82 Å². The zero-order valence-corrected chi connectivity index (χ0v) is 20.7. The first-order valence-corrected chi connectivity index (χ1v) is 12.0. The third-order valence-electron chi connectivity index (χ3n) is 6.27. The number of carbonyl (C=O) groups excluding carboxylic acids is 1. The molecule has 0 aliphatic heterocycles. The molecule has 0 saturated heterocycles. The molecule has 4 aromatic rings. The summed E-state index contributed by atoms with van der Waals surface area (Å²) in [6, 6.07) is 28.9. The van der Waals surface area contributed by atoms with Crippen LogP contribution in [0.5, 0.6) is 0 Å². The Morgan fingerprint density at radius 2 is 1.46 bits per heavy atom. The van der Waals surface area contributed by atoms with Crippen LogP contribution in [0, 0.1) is 0 Å². The average Bonchev–Trinajstić information content (AvgIpc) is 2.92. The summed E-state index contributed by atoms with van der Waals surface area (Å²) in [6.07, 6.45) is 0.0942. The minimum absolute atomic E-state index is 0.0515. The summed E-state index contributed by atoms with van der Waals surface area (Å²) < 4.78 is 6.31. The van der Waals surface area contributed by atoms with Gasteiger partial charge in [-0.2, -0.15) is 0 Å². The van der Waals surface area contributed by atoms with Crippen LogP contribution in [-0.4, -0.2) is 29.2 Å². The number of ether oxygens (including phenoxy) is 1. The number of aromatic nitrogens is 2. The molecule has 0 saturated carbocycles. The topological polar surface area (TPSA) is 110 Å². The van der Waals surface area contributed by atoms with E-state index in [-0.39, 0.29) is 49.4 Å². The Labute approximate surface area is 215 Å². The van der Waals surface area contributed by atoms with E-state index in [0.29, 0.717) is 0 Å². The highest BCUT2D eigenvalue weighted by Gasteiger charge is 2.28. The lowest BCUT2D eigenvalue weighted by molar-refractivity contribution is -0.119. The Morgan fingerprint density at radius 3 is 2.00 bits per heavy atom. The fraction of sp³-hybridized carbons (Fsp3) is 0.207. The molecule has 1 heterocycles. The van der Waals surface area contributed by atoms with Crippen molar-refractivity contribution in [1.82, 2.24) is 9.55 Å². The first kappa shape index (κ1) is 25.7. The summed E-state index contributed by atoms with van der Waals surface area (Å²) in [5, 5.41) is 0. The lowest BCUT2D eigenvalue weighted by Gasteiger charge is -2.27. The van der Waals surface area contributed by atoms with Crippen molar-refractivity contribution in [2.75, 3.05) is 24.4 Å².